The number of nitrogens with zero attached hydrogens (tertiary/aromatic N) is 6. The first-order chi connectivity index (χ1) is 18.1. The first kappa shape index (κ1) is 24.6. The zero-order valence-electron chi connectivity index (χ0n) is 21.7. The lowest BCUT2D eigenvalue weighted by Crippen LogP contribution is -2.23. The number of benzene rings is 1. The van der Waals surface area contributed by atoms with Crippen LogP contribution in [0.3, 0.4) is 0 Å². The van der Waals surface area contributed by atoms with Gasteiger partial charge in [0.15, 0.2) is 0 Å². The van der Waals surface area contributed by atoms with Crippen LogP contribution in [0.1, 0.15) is 28.9 Å². The third kappa shape index (κ3) is 4.76. The molecule has 0 unspecified atom stereocenters. The first-order valence-corrected chi connectivity index (χ1v) is 14.7. The Morgan fingerprint density at radius 2 is 1.95 bits per heavy atom. The van der Waals surface area contributed by atoms with Gasteiger partial charge in [0.2, 0.25) is 11.8 Å². The number of rotatable bonds is 1. The average Bonchev–Trinajstić information content (AvgIpc) is 3.54. The number of carbonyl (C=O) groups is 1. The van der Waals surface area contributed by atoms with Gasteiger partial charge in [-0.05, 0) is 50.1 Å². The van der Waals surface area contributed by atoms with Crippen LogP contribution in [-0.4, -0.2) is 65.8 Å². The van der Waals surface area contributed by atoms with Crippen LogP contribution in [-0.2, 0) is 28.1 Å². The van der Waals surface area contributed by atoms with Crippen molar-refractivity contribution in [1.82, 2.24) is 24.3 Å². The summed E-state index contributed by atoms with van der Waals surface area (Å²) in [5.74, 6) is 0.678. The minimum Gasteiger partial charge on any atom is -0.475 e. The quantitative estimate of drug-likeness (QED) is 0.394. The zero-order valence-corrected chi connectivity index (χ0v) is 22.5. The van der Waals surface area contributed by atoms with Crippen LogP contribution < -0.4 is 10.1 Å². The molecule has 1 N–H and O–H groups in total. The lowest BCUT2D eigenvalue weighted by Gasteiger charge is -2.17. The van der Waals surface area contributed by atoms with Gasteiger partial charge in [0.1, 0.15) is 6.61 Å². The highest BCUT2D eigenvalue weighted by Crippen LogP contribution is 2.32. The van der Waals surface area contributed by atoms with E-state index < -0.39 is 9.73 Å². The number of aromatic nitrogens is 5. The maximum absolute atomic E-state index is 13.5. The largest absolute Gasteiger partial charge is 0.475 e. The van der Waals surface area contributed by atoms with Crippen LogP contribution in [0.15, 0.2) is 40.9 Å². The van der Waals surface area contributed by atoms with E-state index >= 15 is 0 Å². The third-order valence-corrected chi connectivity index (χ3v) is 7.30. The molecule has 12 heteroatoms. The molecule has 4 bridgehead atoms. The second-order valence-electron chi connectivity index (χ2n) is 10.1. The van der Waals surface area contributed by atoms with E-state index in [4.69, 9.17) is 14.5 Å². The van der Waals surface area contributed by atoms with Crippen LogP contribution in [0.4, 0.5) is 11.6 Å². The molecule has 1 saturated heterocycles. The number of pyridine rings is 1. The number of nitrogens with one attached hydrogen (secondary N) is 1. The molecule has 1 aromatic carbocycles. The molecule has 0 aliphatic carbocycles. The molecule has 198 valence electrons. The normalized spacial score (nSPS) is 19.6. The molecule has 38 heavy (non-hydrogen) atoms. The van der Waals surface area contributed by atoms with Crippen molar-refractivity contribution in [2.75, 3.05) is 24.4 Å². The molecule has 6 rings (SSSR count). The number of hydrogen-bond acceptors (Lipinski definition) is 8. The fourth-order valence-electron chi connectivity index (χ4n) is 5.00. The van der Waals surface area contributed by atoms with E-state index in [1.165, 1.54) is 0 Å². The maximum Gasteiger partial charge on any atom is 0.258 e. The molecule has 1 fully saturated rings. The number of ether oxygens (including phenoxy) is 2. The Kier molecular flexibility index (Phi) is 5.95. The Morgan fingerprint density at radius 1 is 1.13 bits per heavy atom. The van der Waals surface area contributed by atoms with Crippen LogP contribution in [0.25, 0.3) is 22.3 Å². The van der Waals surface area contributed by atoms with Gasteiger partial charge in [-0.25, -0.2) is 13.9 Å². The van der Waals surface area contributed by atoms with Gasteiger partial charge in [-0.3, -0.25) is 15.1 Å². The highest BCUT2D eigenvalue weighted by atomic mass is 32.2. The van der Waals surface area contributed by atoms with Gasteiger partial charge in [0, 0.05) is 40.5 Å². The summed E-state index contributed by atoms with van der Waals surface area (Å²) in [7, 11) is -0.527. The minimum absolute atomic E-state index is 0.0860. The fourth-order valence-corrected chi connectivity index (χ4v) is 5.62. The number of fused-ring (bicyclic) bond motifs is 9. The lowest BCUT2D eigenvalue weighted by atomic mass is 10.1. The van der Waals surface area contributed by atoms with Crippen molar-refractivity contribution >= 4 is 38.3 Å². The maximum atomic E-state index is 13.5. The Bertz CT molecular complexity index is 1690. The summed E-state index contributed by atoms with van der Waals surface area (Å²) in [4.78, 5) is 22.9. The number of amides is 1. The number of hydrogen-bond donors (Lipinski definition) is 1. The van der Waals surface area contributed by atoms with Crippen LogP contribution >= 0.6 is 0 Å². The van der Waals surface area contributed by atoms with Crippen molar-refractivity contribution in [2.45, 2.75) is 38.5 Å². The van der Waals surface area contributed by atoms with Crippen molar-refractivity contribution in [1.29, 1.82) is 0 Å². The molecular weight excluding hydrogens is 506 g/mol. The number of imidazole rings is 1. The van der Waals surface area contributed by atoms with Gasteiger partial charge >= 0.3 is 0 Å². The third-order valence-electron chi connectivity index (χ3n) is 6.65. The van der Waals surface area contributed by atoms with Crippen molar-refractivity contribution in [3.8, 4) is 17.1 Å². The molecular formula is C26H29N7O4S. The Balaban J connectivity index is 1.48. The van der Waals surface area contributed by atoms with Crippen molar-refractivity contribution in [3.63, 3.8) is 0 Å². The first-order valence-electron chi connectivity index (χ1n) is 12.4. The highest BCUT2D eigenvalue weighted by Gasteiger charge is 2.29. The molecule has 11 nitrogen and oxygen atoms in total. The topological polar surface area (TPSA) is 126 Å². The van der Waals surface area contributed by atoms with E-state index in [0.29, 0.717) is 58.7 Å². The Labute approximate surface area is 220 Å². The average molecular weight is 536 g/mol. The van der Waals surface area contributed by atoms with Crippen LogP contribution in [0, 0.1) is 6.92 Å². The monoisotopic (exact) mass is 535 g/mol. The van der Waals surface area contributed by atoms with Crippen LogP contribution in [0.2, 0.25) is 0 Å². The standard InChI is InChI=1S/C26H29N7O4S/c1-15-9-16-10-22(28-15)20-12-27-32(2)25(20)36-14-19-7-6-18(37-19)13-33-23-11-17(31-38(3,4)35)5-8-21(23)29-26(33)30-24(16)34/h5,8-12,18-19H,6-7,13-14H2,1-4H3,(H,29,30,34)/t18-,19+/m0/s1. The van der Waals surface area contributed by atoms with E-state index in [1.807, 2.05) is 30.7 Å². The Morgan fingerprint density at radius 3 is 2.76 bits per heavy atom. The summed E-state index contributed by atoms with van der Waals surface area (Å²) in [6.45, 7) is 2.70. The number of aryl methyl sites for hydroxylation is 2. The van der Waals surface area contributed by atoms with Gasteiger partial charge < -0.3 is 14.0 Å². The predicted octanol–water partition coefficient (Wildman–Crippen LogP) is 3.69. The SMILES string of the molecule is Cc1cc2cc(n1)-c1cnn(C)c1OC[C@H]1CC[C@@H](Cn3c(nc4ccc(N=S(C)(C)=O)cc43)NC2=O)O1. The van der Waals surface area contributed by atoms with E-state index in [-0.39, 0.29) is 18.1 Å². The molecule has 0 radical (unpaired) electrons. The van der Waals surface area contributed by atoms with Gasteiger partial charge in [-0.15, -0.1) is 0 Å². The van der Waals surface area contributed by atoms with Crippen molar-refractivity contribution in [3.05, 3.63) is 47.8 Å². The fraction of sp³-hybridized carbons (Fsp3) is 0.385. The van der Waals surface area contributed by atoms with E-state index in [0.717, 1.165) is 18.4 Å². The van der Waals surface area contributed by atoms with Gasteiger partial charge in [-0.2, -0.15) is 9.46 Å². The summed E-state index contributed by atoms with van der Waals surface area (Å²) < 4.78 is 32.8. The Hall–Kier alpha value is -3.77. The molecule has 4 aromatic rings. The lowest BCUT2D eigenvalue weighted by molar-refractivity contribution is 0.00993. The van der Waals surface area contributed by atoms with Gasteiger partial charge in [0.25, 0.3) is 5.91 Å². The molecule has 3 aromatic heterocycles. The molecule has 2 aliphatic rings. The van der Waals surface area contributed by atoms with E-state index in [1.54, 1.807) is 41.6 Å². The smallest absolute Gasteiger partial charge is 0.258 e. The second-order valence-corrected chi connectivity index (χ2v) is 12.6. The molecule has 2 aliphatic heterocycles. The molecule has 2 atom stereocenters. The van der Waals surface area contributed by atoms with E-state index in [2.05, 4.69) is 19.8 Å². The van der Waals surface area contributed by atoms with Crippen molar-refractivity contribution in [2.24, 2.45) is 11.4 Å². The summed E-state index contributed by atoms with van der Waals surface area (Å²) in [6, 6.07) is 8.94. The number of carbonyl (C=O) groups excluding carboxylic acids is 1. The van der Waals surface area contributed by atoms with E-state index in [9.17, 15) is 9.00 Å². The van der Waals surface area contributed by atoms with Gasteiger partial charge in [0.05, 0.1) is 52.9 Å². The highest BCUT2D eigenvalue weighted by molar-refractivity contribution is 7.92. The van der Waals surface area contributed by atoms with Crippen LogP contribution in [0.5, 0.6) is 5.88 Å². The summed E-state index contributed by atoms with van der Waals surface area (Å²) in [5.41, 5.74) is 4.52. The summed E-state index contributed by atoms with van der Waals surface area (Å²) >= 11 is 0. The predicted molar refractivity (Wildman–Crippen MR) is 144 cm³/mol. The summed E-state index contributed by atoms with van der Waals surface area (Å²) in [6.07, 6.45) is 6.38. The van der Waals surface area contributed by atoms with Crippen molar-refractivity contribution < 1.29 is 18.5 Å². The molecule has 0 spiro atoms. The molecule has 0 saturated carbocycles. The summed E-state index contributed by atoms with van der Waals surface area (Å²) in [5, 5.41) is 7.36. The zero-order chi connectivity index (χ0) is 26.6. The minimum atomic E-state index is -2.34. The number of anilines is 1. The molecule has 5 heterocycles. The van der Waals surface area contributed by atoms with Gasteiger partial charge in [-0.1, -0.05) is 0 Å². The second kappa shape index (κ2) is 9.21. The molecule has 1 amide bonds.